The van der Waals surface area contributed by atoms with Crippen LogP contribution in [0.3, 0.4) is 0 Å². The number of hydrogen-bond donors (Lipinski definition) is 1. The summed E-state index contributed by atoms with van der Waals surface area (Å²) < 4.78 is 5.22. The Kier molecular flexibility index (Phi) is 6.10. The summed E-state index contributed by atoms with van der Waals surface area (Å²) in [5, 5.41) is 14.2. The van der Waals surface area contributed by atoms with E-state index in [-0.39, 0.29) is 17.4 Å². The topological polar surface area (TPSA) is 93.4 Å². The largest absolute Gasteiger partial charge is 0.473 e. The third-order valence-electron chi connectivity index (χ3n) is 2.50. The molecule has 8 heteroatoms. The maximum absolute atomic E-state index is 11.2. The van der Waals surface area contributed by atoms with E-state index in [2.05, 4.69) is 15.3 Å². The predicted molar refractivity (Wildman–Crippen MR) is 76.3 cm³/mol. The van der Waals surface area contributed by atoms with Gasteiger partial charge in [0.05, 0.1) is 11.5 Å². The Labute approximate surface area is 118 Å². The minimum atomic E-state index is -0.515. The van der Waals surface area contributed by atoms with E-state index in [0.717, 1.165) is 13.0 Å². The van der Waals surface area contributed by atoms with Gasteiger partial charge in [-0.2, -0.15) is 4.98 Å². The van der Waals surface area contributed by atoms with Crippen molar-refractivity contribution < 1.29 is 9.66 Å². The molecule has 0 unspecified atom stereocenters. The second-order valence-electron chi connectivity index (χ2n) is 4.55. The number of aromatic nitrogens is 2. The fourth-order valence-corrected chi connectivity index (χ4v) is 1.67. The quantitative estimate of drug-likeness (QED) is 0.438. The summed E-state index contributed by atoms with van der Waals surface area (Å²) >= 11 is 0. The van der Waals surface area contributed by atoms with Crippen LogP contribution < -0.4 is 10.1 Å². The molecule has 0 aromatic carbocycles. The summed E-state index contributed by atoms with van der Waals surface area (Å²) in [7, 11) is 3.95. The molecule has 0 bridgehead atoms. The van der Waals surface area contributed by atoms with Crippen molar-refractivity contribution in [3.8, 4) is 5.88 Å². The highest BCUT2D eigenvalue weighted by Crippen LogP contribution is 2.31. The van der Waals surface area contributed by atoms with Crippen molar-refractivity contribution in [2.75, 3.05) is 39.1 Å². The molecule has 0 aliphatic carbocycles. The average Bonchev–Trinajstić information content (AvgIpc) is 2.33. The fraction of sp³-hybridized carbons (Fsp3) is 0.667. The summed E-state index contributed by atoms with van der Waals surface area (Å²) in [6.07, 6.45) is 0.858. The maximum Gasteiger partial charge on any atom is 0.372 e. The van der Waals surface area contributed by atoms with E-state index in [9.17, 15) is 10.1 Å². The molecule has 112 valence electrons. The van der Waals surface area contributed by atoms with Crippen LogP contribution in [0, 0.1) is 17.0 Å². The van der Waals surface area contributed by atoms with Crippen LogP contribution in [0.4, 0.5) is 11.5 Å². The highest BCUT2D eigenvalue weighted by atomic mass is 16.6. The van der Waals surface area contributed by atoms with Crippen LogP contribution in [0.5, 0.6) is 5.88 Å². The molecule has 0 aliphatic rings. The van der Waals surface area contributed by atoms with Crippen molar-refractivity contribution in [1.82, 2.24) is 14.9 Å². The van der Waals surface area contributed by atoms with Crippen molar-refractivity contribution >= 4 is 11.5 Å². The Hall–Kier alpha value is -1.96. The molecular weight excluding hydrogens is 262 g/mol. The number of hydrogen-bond acceptors (Lipinski definition) is 7. The Morgan fingerprint density at radius 2 is 2.10 bits per heavy atom. The first-order chi connectivity index (χ1) is 9.45. The van der Waals surface area contributed by atoms with Gasteiger partial charge in [-0.1, -0.05) is 0 Å². The van der Waals surface area contributed by atoms with Gasteiger partial charge in [-0.05, 0) is 40.9 Å². The lowest BCUT2D eigenvalue weighted by molar-refractivity contribution is -0.385. The third kappa shape index (κ3) is 4.61. The van der Waals surface area contributed by atoms with Crippen LogP contribution in [0.1, 0.15) is 19.2 Å². The summed E-state index contributed by atoms with van der Waals surface area (Å²) in [6, 6.07) is 0. The zero-order valence-electron chi connectivity index (χ0n) is 12.3. The Morgan fingerprint density at radius 3 is 2.65 bits per heavy atom. The zero-order valence-corrected chi connectivity index (χ0v) is 12.3. The van der Waals surface area contributed by atoms with E-state index in [1.807, 2.05) is 19.0 Å². The summed E-state index contributed by atoms with van der Waals surface area (Å²) in [5.74, 6) is 0.666. The van der Waals surface area contributed by atoms with Crippen molar-refractivity contribution in [2.24, 2.45) is 0 Å². The molecule has 0 saturated carbocycles. The van der Waals surface area contributed by atoms with Gasteiger partial charge in [-0.15, -0.1) is 0 Å². The van der Waals surface area contributed by atoms with Crippen LogP contribution in [-0.4, -0.2) is 53.6 Å². The molecule has 1 N–H and O–H groups in total. The van der Waals surface area contributed by atoms with Crippen LogP contribution in [0.25, 0.3) is 0 Å². The predicted octanol–water partition coefficient (Wildman–Crippen LogP) is 1.46. The molecule has 1 heterocycles. The van der Waals surface area contributed by atoms with Crippen molar-refractivity contribution in [1.29, 1.82) is 0 Å². The van der Waals surface area contributed by atoms with E-state index in [4.69, 9.17) is 4.74 Å². The third-order valence-corrected chi connectivity index (χ3v) is 2.50. The van der Waals surface area contributed by atoms with E-state index < -0.39 is 4.92 Å². The van der Waals surface area contributed by atoms with Gasteiger partial charge in [0.2, 0.25) is 5.82 Å². The number of anilines is 1. The molecule has 0 saturated heterocycles. The molecule has 0 radical (unpaired) electrons. The number of aryl methyl sites for hydroxylation is 1. The van der Waals surface area contributed by atoms with Gasteiger partial charge in [-0.3, -0.25) is 10.1 Å². The molecule has 0 fully saturated rings. The SMILES string of the molecule is CCOc1nc(C)nc(NCCCN(C)C)c1[N+](=O)[O-]. The van der Waals surface area contributed by atoms with Gasteiger partial charge in [0, 0.05) is 6.54 Å². The van der Waals surface area contributed by atoms with Gasteiger partial charge in [0.1, 0.15) is 5.82 Å². The smallest absolute Gasteiger partial charge is 0.372 e. The number of rotatable bonds is 8. The molecule has 8 nitrogen and oxygen atoms in total. The minimum absolute atomic E-state index is 0.0140. The molecule has 0 aliphatic heterocycles. The zero-order chi connectivity index (χ0) is 15.1. The van der Waals surface area contributed by atoms with Gasteiger partial charge in [0.25, 0.3) is 5.88 Å². The lowest BCUT2D eigenvalue weighted by atomic mass is 10.3. The first-order valence-electron chi connectivity index (χ1n) is 6.50. The van der Waals surface area contributed by atoms with Crippen LogP contribution in [0.15, 0.2) is 0 Å². The summed E-state index contributed by atoms with van der Waals surface area (Å²) in [6.45, 7) is 5.24. The van der Waals surface area contributed by atoms with Crippen molar-refractivity contribution in [3.05, 3.63) is 15.9 Å². The van der Waals surface area contributed by atoms with E-state index in [1.54, 1.807) is 13.8 Å². The second kappa shape index (κ2) is 7.59. The molecule has 0 spiro atoms. The molecule has 0 atom stereocenters. The first kappa shape index (κ1) is 16.1. The standard InChI is InChI=1S/C12H21N5O3/c1-5-20-12-10(17(18)19)11(14-9(2)15-12)13-7-6-8-16(3)4/h5-8H2,1-4H3,(H,13,14,15). The van der Waals surface area contributed by atoms with Crippen LogP contribution in [-0.2, 0) is 0 Å². The summed E-state index contributed by atoms with van der Waals surface area (Å²) in [4.78, 5) is 20.8. The highest BCUT2D eigenvalue weighted by molar-refractivity contribution is 5.61. The number of nitro groups is 1. The van der Waals surface area contributed by atoms with Gasteiger partial charge >= 0.3 is 5.69 Å². The van der Waals surface area contributed by atoms with Gasteiger partial charge in [0.15, 0.2) is 0 Å². The van der Waals surface area contributed by atoms with Crippen molar-refractivity contribution in [2.45, 2.75) is 20.3 Å². The van der Waals surface area contributed by atoms with Crippen molar-refractivity contribution in [3.63, 3.8) is 0 Å². The lowest BCUT2D eigenvalue weighted by Crippen LogP contribution is -2.17. The first-order valence-corrected chi connectivity index (χ1v) is 6.50. The molecule has 1 aromatic rings. The normalized spacial score (nSPS) is 10.7. The lowest BCUT2D eigenvalue weighted by Gasteiger charge is -2.12. The number of nitrogens with zero attached hydrogens (tertiary/aromatic N) is 4. The Morgan fingerprint density at radius 1 is 1.40 bits per heavy atom. The fourth-order valence-electron chi connectivity index (χ4n) is 1.67. The molecular formula is C12H21N5O3. The number of ether oxygens (including phenoxy) is 1. The monoisotopic (exact) mass is 283 g/mol. The average molecular weight is 283 g/mol. The van der Waals surface area contributed by atoms with Gasteiger partial charge in [-0.25, -0.2) is 4.98 Å². The van der Waals surface area contributed by atoms with E-state index in [1.165, 1.54) is 0 Å². The molecule has 1 aromatic heterocycles. The van der Waals surface area contributed by atoms with Crippen LogP contribution in [0.2, 0.25) is 0 Å². The maximum atomic E-state index is 11.2. The Bertz CT molecular complexity index is 465. The van der Waals surface area contributed by atoms with Crippen LogP contribution >= 0.6 is 0 Å². The number of nitrogens with one attached hydrogen (secondary N) is 1. The molecule has 1 rings (SSSR count). The Balaban J connectivity index is 2.89. The molecule has 0 amide bonds. The second-order valence-corrected chi connectivity index (χ2v) is 4.55. The molecule has 20 heavy (non-hydrogen) atoms. The summed E-state index contributed by atoms with van der Waals surface area (Å²) in [5.41, 5.74) is -0.206. The van der Waals surface area contributed by atoms with Gasteiger partial charge < -0.3 is 15.0 Å². The van der Waals surface area contributed by atoms with E-state index >= 15 is 0 Å². The highest BCUT2D eigenvalue weighted by Gasteiger charge is 2.25. The van der Waals surface area contributed by atoms with E-state index in [0.29, 0.717) is 19.0 Å². The minimum Gasteiger partial charge on any atom is -0.473 e.